The molecule has 1 N–H and O–H groups in total. The highest BCUT2D eigenvalue weighted by atomic mass is 32.1. The molecular weight excluding hydrogens is 406 g/mol. The second-order valence-corrected chi connectivity index (χ2v) is 12.7. The van der Waals surface area contributed by atoms with Crippen LogP contribution in [-0.4, -0.2) is 19.0 Å². The quantitative estimate of drug-likeness (QED) is 0.549. The van der Waals surface area contributed by atoms with Crippen LogP contribution in [0.4, 0.5) is 5.00 Å². The number of carbonyl (C=O) groups is 2. The number of methoxy groups -OCH3 is 1. The monoisotopic (exact) mass is 443 g/mol. The Bertz CT molecular complexity index is 863. The molecule has 6 rings (SSSR count). The van der Waals surface area contributed by atoms with Crippen LogP contribution >= 0.6 is 11.3 Å². The predicted octanol–water partition coefficient (Wildman–Crippen LogP) is 6.23. The fraction of sp³-hybridized carbons (Fsp3) is 0.769. The standard InChI is InChI=1S/C26H37NO3S/c1-5-25(2,3)18-6-7-19-20(11-18)31-22(21(19)23(28)30-4)27-24(29)26-12-15-8-16(13-26)10-17(9-15)14-26/h15-18H,5-14H2,1-4H3,(H,27,29)/t15?,16?,17?,18-,26?/m1/s1. The molecule has 0 unspecified atom stereocenters. The Morgan fingerprint density at radius 1 is 1.13 bits per heavy atom. The van der Waals surface area contributed by atoms with Gasteiger partial charge in [0.15, 0.2) is 0 Å². The van der Waals surface area contributed by atoms with Gasteiger partial charge in [-0.3, -0.25) is 4.79 Å². The molecule has 0 radical (unpaired) electrons. The van der Waals surface area contributed by atoms with Gasteiger partial charge in [-0.25, -0.2) is 4.79 Å². The van der Waals surface area contributed by atoms with Gasteiger partial charge in [0.25, 0.3) is 0 Å². The molecule has 1 aromatic rings. The van der Waals surface area contributed by atoms with Crippen molar-refractivity contribution in [2.75, 3.05) is 12.4 Å². The van der Waals surface area contributed by atoms with E-state index >= 15 is 0 Å². The second-order valence-electron chi connectivity index (χ2n) is 11.6. The van der Waals surface area contributed by atoms with Gasteiger partial charge >= 0.3 is 5.97 Å². The second kappa shape index (κ2) is 7.60. The van der Waals surface area contributed by atoms with Crippen molar-refractivity contribution >= 4 is 28.2 Å². The molecule has 1 aromatic heterocycles. The van der Waals surface area contributed by atoms with E-state index in [0.717, 1.165) is 73.3 Å². The Kier molecular flexibility index (Phi) is 5.27. The van der Waals surface area contributed by atoms with Crippen molar-refractivity contribution in [2.45, 2.75) is 85.0 Å². The van der Waals surface area contributed by atoms with Crippen LogP contribution in [0.1, 0.15) is 92.9 Å². The third-order valence-electron chi connectivity index (χ3n) is 9.42. The summed E-state index contributed by atoms with van der Waals surface area (Å²) in [5.41, 5.74) is 1.84. The number of hydrogen-bond donors (Lipinski definition) is 1. The molecule has 4 bridgehead atoms. The van der Waals surface area contributed by atoms with Crippen molar-refractivity contribution in [3.8, 4) is 0 Å². The minimum absolute atomic E-state index is 0.167. The van der Waals surface area contributed by atoms with Gasteiger partial charge in [0.1, 0.15) is 5.00 Å². The number of esters is 1. The van der Waals surface area contributed by atoms with E-state index in [0.29, 0.717) is 11.5 Å². The van der Waals surface area contributed by atoms with Crippen molar-refractivity contribution in [1.29, 1.82) is 0 Å². The van der Waals surface area contributed by atoms with Gasteiger partial charge in [0.2, 0.25) is 5.91 Å². The van der Waals surface area contributed by atoms with Gasteiger partial charge in [-0.15, -0.1) is 11.3 Å². The zero-order valence-electron chi connectivity index (χ0n) is 19.5. The predicted molar refractivity (Wildman–Crippen MR) is 124 cm³/mol. The molecule has 0 saturated heterocycles. The van der Waals surface area contributed by atoms with Crippen molar-refractivity contribution in [1.82, 2.24) is 0 Å². The largest absolute Gasteiger partial charge is 0.465 e. The van der Waals surface area contributed by atoms with Crippen LogP contribution in [-0.2, 0) is 22.4 Å². The molecule has 5 aliphatic carbocycles. The minimum atomic E-state index is -0.300. The topological polar surface area (TPSA) is 55.4 Å². The fourth-order valence-corrected chi connectivity index (χ4v) is 8.88. The number of carbonyl (C=O) groups excluding carboxylic acids is 2. The number of rotatable bonds is 5. The van der Waals surface area contributed by atoms with Gasteiger partial charge < -0.3 is 10.1 Å². The number of thiophene rings is 1. The maximum absolute atomic E-state index is 13.7. The molecule has 1 heterocycles. The van der Waals surface area contributed by atoms with E-state index < -0.39 is 0 Å². The summed E-state index contributed by atoms with van der Waals surface area (Å²) in [6, 6.07) is 0. The summed E-state index contributed by atoms with van der Waals surface area (Å²) >= 11 is 1.64. The van der Waals surface area contributed by atoms with E-state index in [-0.39, 0.29) is 22.7 Å². The highest BCUT2D eigenvalue weighted by molar-refractivity contribution is 7.17. The molecule has 31 heavy (non-hydrogen) atoms. The average Bonchev–Trinajstić information content (AvgIpc) is 3.09. The van der Waals surface area contributed by atoms with Gasteiger partial charge in [-0.05, 0) is 92.4 Å². The van der Waals surface area contributed by atoms with Gasteiger partial charge in [-0.1, -0.05) is 27.2 Å². The highest BCUT2D eigenvalue weighted by Crippen LogP contribution is 2.60. The Labute approximate surface area is 190 Å². The summed E-state index contributed by atoms with van der Waals surface area (Å²) in [7, 11) is 1.45. The van der Waals surface area contributed by atoms with E-state index in [4.69, 9.17) is 4.74 Å². The van der Waals surface area contributed by atoms with Crippen molar-refractivity contribution < 1.29 is 14.3 Å². The van der Waals surface area contributed by atoms with E-state index in [1.165, 1.54) is 31.2 Å². The lowest BCUT2D eigenvalue weighted by atomic mass is 9.49. The van der Waals surface area contributed by atoms with E-state index in [1.807, 2.05) is 0 Å². The molecule has 5 aliphatic rings. The molecule has 0 aliphatic heterocycles. The average molecular weight is 444 g/mol. The number of ether oxygens (including phenoxy) is 1. The summed E-state index contributed by atoms with van der Waals surface area (Å²) in [5.74, 6) is 2.66. The maximum atomic E-state index is 13.7. The first kappa shape index (κ1) is 21.5. The molecule has 0 aromatic carbocycles. The first-order chi connectivity index (χ1) is 14.7. The molecule has 1 amide bonds. The molecule has 4 fully saturated rings. The third-order valence-corrected chi connectivity index (χ3v) is 10.6. The van der Waals surface area contributed by atoms with Gasteiger partial charge in [0, 0.05) is 4.88 Å². The van der Waals surface area contributed by atoms with E-state index in [1.54, 1.807) is 11.3 Å². The zero-order valence-corrected chi connectivity index (χ0v) is 20.3. The van der Waals surface area contributed by atoms with Gasteiger partial charge in [0.05, 0.1) is 18.1 Å². The number of fused-ring (bicyclic) bond motifs is 1. The first-order valence-corrected chi connectivity index (χ1v) is 13.1. The minimum Gasteiger partial charge on any atom is -0.465 e. The van der Waals surface area contributed by atoms with Crippen LogP contribution in [0.25, 0.3) is 0 Å². The zero-order chi connectivity index (χ0) is 22.0. The van der Waals surface area contributed by atoms with Crippen LogP contribution in [0, 0.1) is 34.5 Å². The molecular formula is C26H37NO3S. The first-order valence-electron chi connectivity index (χ1n) is 12.3. The Morgan fingerprint density at radius 3 is 2.29 bits per heavy atom. The van der Waals surface area contributed by atoms with Crippen molar-refractivity contribution in [2.24, 2.45) is 34.5 Å². The summed E-state index contributed by atoms with van der Waals surface area (Å²) in [4.78, 5) is 27.7. The molecule has 4 nitrogen and oxygen atoms in total. The number of anilines is 1. The molecule has 0 spiro atoms. The van der Waals surface area contributed by atoms with E-state index in [9.17, 15) is 9.59 Å². The van der Waals surface area contributed by atoms with Gasteiger partial charge in [-0.2, -0.15) is 0 Å². The Hall–Kier alpha value is -1.36. The van der Waals surface area contributed by atoms with Crippen LogP contribution in [0.3, 0.4) is 0 Å². The fourth-order valence-electron chi connectivity index (χ4n) is 7.57. The Balaban J connectivity index is 1.43. The van der Waals surface area contributed by atoms with Crippen LogP contribution in [0.5, 0.6) is 0 Å². The maximum Gasteiger partial charge on any atom is 0.341 e. The van der Waals surface area contributed by atoms with Crippen molar-refractivity contribution in [3.05, 3.63) is 16.0 Å². The smallest absolute Gasteiger partial charge is 0.341 e. The lowest BCUT2D eigenvalue weighted by molar-refractivity contribution is -0.140. The normalized spacial score (nSPS) is 33.8. The van der Waals surface area contributed by atoms with Crippen LogP contribution in [0.15, 0.2) is 0 Å². The number of hydrogen-bond acceptors (Lipinski definition) is 4. The molecule has 1 atom stereocenters. The highest BCUT2D eigenvalue weighted by Gasteiger charge is 2.54. The van der Waals surface area contributed by atoms with E-state index in [2.05, 4.69) is 26.1 Å². The summed E-state index contributed by atoms with van der Waals surface area (Å²) < 4.78 is 5.16. The van der Waals surface area contributed by atoms with Crippen molar-refractivity contribution in [3.63, 3.8) is 0 Å². The summed E-state index contributed by atoms with van der Waals surface area (Å²) in [6.45, 7) is 6.97. The summed E-state index contributed by atoms with van der Waals surface area (Å²) in [5, 5.41) is 4.03. The molecule has 5 heteroatoms. The number of amides is 1. The lowest BCUT2D eigenvalue weighted by Gasteiger charge is -2.55. The lowest BCUT2D eigenvalue weighted by Crippen LogP contribution is -2.51. The van der Waals surface area contributed by atoms with Crippen LogP contribution in [0.2, 0.25) is 0 Å². The molecule has 170 valence electrons. The SMILES string of the molecule is CCC(C)(C)[C@@H]1CCc2c(sc(NC(=O)C34CC5CC(CC(C5)C3)C4)c2C(=O)OC)C1. The molecule has 4 saturated carbocycles. The Morgan fingerprint density at radius 2 is 1.74 bits per heavy atom. The number of nitrogens with one attached hydrogen (secondary N) is 1. The summed E-state index contributed by atoms with van der Waals surface area (Å²) in [6.07, 6.45) is 11.2. The third kappa shape index (κ3) is 3.55. The van der Waals surface area contributed by atoms with Crippen LogP contribution < -0.4 is 5.32 Å².